The monoisotopic (exact) mass is 237 g/mol. The molecule has 0 atom stereocenters. The van der Waals surface area contributed by atoms with E-state index in [1.54, 1.807) is 0 Å². The molecule has 0 spiro atoms. The van der Waals surface area contributed by atoms with Crippen molar-refractivity contribution in [1.82, 2.24) is 0 Å². The van der Waals surface area contributed by atoms with E-state index < -0.39 is 0 Å². The molecule has 1 heteroatoms. The molecule has 0 aromatic heterocycles. The van der Waals surface area contributed by atoms with Gasteiger partial charge in [-0.25, -0.2) is 0 Å². The van der Waals surface area contributed by atoms with Gasteiger partial charge in [0.15, 0.2) is 0 Å². The number of nitrogens with zero attached hydrogens (tertiary/aromatic N) is 1. The van der Waals surface area contributed by atoms with Gasteiger partial charge in [-0.05, 0) is 31.5 Å². The van der Waals surface area contributed by atoms with Crippen LogP contribution in [0.1, 0.15) is 19.4 Å². The minimum absolute atomic E-state index is 0.904. The number of rotatable bonds is 4. The van der Waals surface area contributed by atoms with E-state index >= 15 is 0 Å². The molecule has 0 N–H and O–H groups in total. The Morgan fingerprint density at radius 3 is 2.06 bits per heavy atom. The van der Waals surface area contributed by atoms with Crippen LogP contribution < -0.4 is 4.90 Å². The van der Waals surface area contributed by atoms with Crippen molar-refractivity contribution in [3.8, 4) is 0 Å². The number of allylic oxidation sites excluding steroid dienone is 2. The highest BCUT2D eigenvalue weighted by molar-refractivity contribution is 5.51. The molecule has 0 bridgehead atoms. The van der Waals surface area contributed by atoms with Gasteiger partial charge in [-0.3, -0.25) is 0 Å². The van der Waals surface area contributed by atoms with Crippen LogP contribution in [-0.4, -0.2) is 0 Å². The second-order valence-electron chi connectivity index (χ2n) is 4.34. The molecular formula is C17H19N. The van der Waals surface area contributed by atoms with Gasteiger partial charge in [-0.2, -0.15) is 0 Å². The second kappa shape index (κ2) is 6.06. The summed E-state index contributed by atoms with van der Waals surface area (Å²) in [6, 6.07) is 21.1. The van der Waals surface area contributed by atoms with Crippen LogP contribution in [0.2, 0.25) is 0 Å². The summed E-state index contributed by atoms with van der Waals surface area (Å²) >= 11 is 0. The first-order valence-corrected chi connectivity index (χ1v) is 6.30. The zero-order valence-electron chi connectivity index (χ0n) is 11.0. The molecule has 0 aliphatic carbocycles. The van der Waals surface area contributed by atoms with Crippen molar-refractivity contribution in [2.75, 3.05) is 4.90 Å². The largest absolute Gasteiger partial charge is 0.341 e. The fraction of sp³-hybridized carbons (Fsp3) is 0.176. The third kappa shape index (κ3) is 3.01. The van der Waals surface area contributed by atoms with Crippen molar-refractivity contribution in [3.05, 3.63) is 78.0 Å². The smallest absolute Gasteiger partial charge is 0.0478 e. The summed E-state index contributed by atoms with van der Waals surface area (Å²) in [4.78, 5) is 2.33. The molecule has 0 saturated heterocycles. The number of para-hydroxylation sites is 1. The van der Waals surface area contributed by atoms with Gasteiger partial charge in [0.1, 0.15) is 0 Å². The quantitative estimate of drug-likeness (QED) is 0.750. The Kier molecular flexibility index (Phi) is 4.19. The standard InChI is InChI=1S/C17H19N/c1-3-15(2)18(17-12-8-5-9-13-17)14-16-10-6-4-7-11-16/h3-13H,14H2,1-2H3/b15-3+. The van der Waals surface area contributed by atoms with E-state index in [0.29, 0.717) is 0 Å². The zero-order valence-corrected chi connectivity index (χ0v) is 11.0. The lowest BCUT2D eigenvalue weighted by Gasteiger charge is -2.25. The Balaban J connectivity index is 2.27. The number of anilines is 1. The number of benzene rings is 2. The van der Waals surface area contributed by atoms with Gasteiger partial charge in [0, 0.05) is 17.9 Å². The second-order valence-corrected chi connectivity index (χ2v) is 4.34. The fourth-order valence-electron chi connectivity index (χ4n) is 1.95. The molecule has 0 radical (unpaired) electrons. The molecule has 1 nitrogen and oxygen atoms in total. The van der Waals surface area contributed by atoms with Crippen molar-refractivity contribution in [2.45, 2.75) is 20.4 Å². The molecule has 0 amide bonds. The number of hydrogen-bond acceptors (Lipinski definition) is 1. The van der Waals surface area contributed by atoms with E-state index in [4.69, 9.17) is 0 Å². The van der Waals surface area contributed by atoms with Gasteiger partial charge in [0.2, 0.25) is 0 Å². The SMILES string of the molecule is C/C=C(\C)N(Cc1ccccc1)c1ccccc1. The first-order chi connectivity index (χ1) is 8.81. The lowest BCUT2D eigenvalue weighted by molar-refractivity contribution is 0.909. The van der Waals surface area contributed by atoms with Gasteiger partial charge >= 0.3 is 0 Å². The molecule has 2 rings (SSSR count). The lowest BCUT2D eigenvalue weighted by Crippen LogP contribution is -2.20. The average molecular weight is 237 g/mol. The maximum Gasteiger partial charge on any atom is 0.0478 e. The summed E-state index contributed by atoms with van der Waals surface area (Å²) in [6.45, 7) is 5.13. The van der Waals surface area contributed by atoms with Crippen LogP contribution in [0.15, 0.2) is 72.4 Å². The summed E-state index contributed by atoms with van der Waals surface area (Å²) in [5.74, 6) is 0. The predicted octanol–water partition coefficient (Wildman–Crippen LogP) is 4.62. The highest BCUT2D eigenvalue weighted by atomic mass is 15.1. The van der Waals surface area contributed by atoms with Crippen LogP contribution in [0.5, 0.6) is 0 Å². The van der Waals surface area contributed by atoms with E-state index in [9.17, 15) is 0 Å². The van der Waals surface area contributed by atoms with E-state index in [2.05, 4.69) is 85.5 Å². The Morgan fingerprint density at radius 1 is 0.944 bits per heavy atom. The van der Waals surface area contributed by atoms with Crippen LogP contribution in [-0.2, 0) is 6.54 Å². The molecule has 18 heavy (non-hydrogen) atoms. The molecule has 0 heterocycles. The zero-order chi connectivity index (χ0) is 12.8. The Bertz CT molecular complexity index is 500. The average Bonchev–Trinajstić information content (AvgIpc) is 2.46. The molecule has 0 unspecified atom stereocenters. The van der Waals surface area contributed by atoms with Gasteiger partial charge in [0.25, 0.3) is 0 Å². The lowest BCUT2D eigenvalue weighted by atomic mass is 10.2. The van der Waals surface area contributed by atoms with Crippen molar-refractivity contribution in [2.24, 2.45) is 0 Å². The minimum atomic E-state index is 0.904. The van der Waals surface area contributed by atoms with Crippen molar-refractivity contribution in [1.29, 1.82) is 0 Å². The molecular weight excluding hydrogens is 218 g/mol. The van der Waals surface area contributed by atoms with Crippen molar-refractivity contribution < 1.29 is 0 Å². The molecule has 0 saturated carbocycles. The summed E-state index contributed by atoms with van der Waals surface area (Å²) in [5.41, 5.74) is 3.82. The van der Waals surface area contributed by atoms with Gasteiger partial charge in [0.05, 0.1) is 0 Å². The topological polar surface area (TPSA) is 3.24 Å². The molecule has 2 aromatic carbocycles. The van der Waals surface area contributed by atoms with Crippen LogP contribution in [0, 0.1) is 0 Å². The first kappa shape index (κ1) is 12.4. The van der Waals surface area contributed by atoms with E-state index in [0.717, 1.165) is 6.54 Å². The van der Waals surface area contributed by atoms with Crippen LogP contribution in [0.25, 0.3) is 0 Å². The Labute approximate surface area is 109 Å². The van der Waals surface area contributed by atoms with Gasteiger partial charge in [-0.1, -0.05) is 54.6 Å². The van der Waals surface area contributed by atoms with Crippen molar-refractivity contribution in [3.63, 3.8) is 0 Å². The first-order valence-electron chi connectivity index (χ1n) is 6.30. The third-order valence-electron chi connectivity index (χ3n) is 3.09. The Hall–Kier alpha value is -2.02. The normalized spacial score (nSPS) is 11.3. The minimum Gasteiger partial charge on any atom is -0.341 e. The maximum absolute atomic E-state index is 2.33. The number of hydrogen-bond donors (Lipinski definition) is 0. The fourth-order valence-corrected chi connectivity index (χ4v) is 1.95. The van der Waals surface area contributed by atoms with Crippen molar-refractivity contribution >= 4 is 5.69 Å². The van der Waals surface area contributed by atoms with Gasteiger partial charge < -0.3 is 4.90 Å². The van der Waals surface area contributed by atoms with Crippen LogP contribution >= 0.6 is 0 Å². The predicted molar refractivity (Wildman–Crippen MR) is 78.5 cm³/mol. The van der Waals surface area contributed by atoms with Gasteiger partial charge in [-0.15, -0.1) is 0 Å². The molecule has 0 aliphatic heterocycles. The highest BCUT2D eigenvalue weighted by Gasteiger charge is 2.07. The summed E-state index contributed by atoms with van der Waals surface area (Å²) in [7, 11) is 0. The van der Waals surface area contributed by atoms with E-state index in [1.165, 1.54) is 16.9 Å². The molecule has 0 fully saturated rings. The third-order valence-corrected chi connectivity index (χ3v) is 3.09. The van der Waals surface area contributed by atoms with E-state index in [1.807, 2.05) is 0 Å². The summed E-state index contributed by atoms with van der Waals surface area (Å²) < 4.78 is 0. The summed E-state index contributed by atoms with van der Waals surface area (Å²) in [6.07, 6.45) is 2.15. The molecule has 0 aliphatic rings. The Morgan fingerprint density at radius 2 is 1.50 bits per heavy atom. The van der Waals surface area contributed by atoms with Crippen LogP contribution in [0.4, 0.5) is 5.69 Å². The molecule has 92 valence electrons. The maximum atomic E-state index is 2.33. The van der Waals surface area contributed by atoms with Crippen LogP contribution in [0.3, 0.4) is 0 Å². The highest BCUT2D eigenvalue weighted by Crippen LogP contribution is 2.21. The molecule has 2 aromatic rings. The summed E-state index contributed by atoms with van der Waals surface area (Å²) in [5, 5.41) is 0. The van der Waals surface area contributed by atoms with E-state index in [-0.39, 0.29) is 0 Å².